The molecule has 0 bridgehead atoms. The van der Waals surface area contributed by atoms with E-state index in [0.717, 1.165) is 12.4 Å². The van der Waals surface area contributed by atoms with Crippen molar-refractivity contribution in [1.29, 1.82) is 0 Å². The predicted octanol–water partition coefficient (Wildman–Crippen LogP) is 1.71. The van der Waals surface area contributed by atoms with Crippen LogP contribution in [0, 0.1) is 0 Å². The van der Waals surface area contributed by atoms with Gasteiger partial charge in [-0.1, -0.05) is 26.0 Å². The van der Waals surface area contributed by atoms with Crippen LogP contribution in [0.2, 0.25) is 0 Å². The second-order valence-electron chi connectivity index (χ2n) is 5.52. The number of benzene rings is 1. The second-order valence-corrected chi connectivity index (χ2v) is 5.52. The molecule has 2 aromatic heterocycles. The Labute approximate surface area is 123 Å². The Bertz CT molecular complexity index is 740. The Kier molecular flexibility index (Phi) is 3.70. The van der Waals surface area contributed by atoms with Crippen LogP contribution in [0.3, 0.4) is 0 Å². The minimum atomic E-state index is 0.478. The first-order chi connectivity index (χ1) is 10.1. The summed E-state index contributed by atoms with van der Waals surface area (Å²) >= 11 is 0. The van der Waals surface area contributed by atoms with E-state index >= 15 is 0 Å². The zero-order valence-corrected chi connectivity index (χ0v) is 12.6. The molecule has 0 unspecified atom stereocenters. The molecule has 2 heterocycles. The van der Waals surface area contributed by atoms with E-state index in [1.807, 2.05) is 0 Å². The van der Waals surface area contributed by atoms with Crippen molar-refractivity contribution in [2.24, 2.45) is 7.05 Å². The van der Waals surface area contributed by atoms with Crippen LogP contribution in [0.25, 0.3) is 10.9 Å². The first-order valence-electron chi connectivity index (χ1n) is 7.16. The minimum Gasteiger partial charge on any atom is -0.340 e. The number of rotatable bonds is 5. The first-order valence-corrected chi connectivity index (χ1v) is 7.16. The van der Waals surface area contributed by atoms with Gasteiger partial charge in [-0.25, -0.2) is 0 Å². The van der Waals surface area contributed by atoms with Gasteiger partial charge >= 0.3 is 0 Å². The third kappa shape index (κ3) is 2.95. The zero-order valence-electron chi connectivity index (χ0n) is 12.6. The van der Waals surface area contributed by atoms with E-state index in [1.54, 1.807) is 7.05 Å². The van der Waals surface area contributed by atoms with Crippen molar-refractivity contribution >= 4 is 10.9 Å². The number of nitrogens with one attached hydrogen (secondary N) is 1. The van der Waals surface area contributed by atoms with Gasteiger partial charge in [-0.3, -0.25) is 0 Å². The van der Waals surface area contributed by atoms with Crippen molar-refractivity contribution in [2.45, 2.75) is 33.0 Å². The molecule has 0 saturated heterocycles. The van der Waals surface area contributed by atoms with E-state index in [-0.39, 0.29) is 0 Å². The number of hydrogen-bond acceptors (Lipinski definition) is 4. The maximum absolute atomic E-state index is 4.24. The molecule has 0 fully saturated rings. The van der Waals surface area contributed by atoms with Crippen molar-refractivity contribution in [2.75, 3.05) is 0 Å². The summed E-state index contributed by atoms with van der Waals surface area (Å²) in [6, 6.07) is 9.03. The summed E-state index contributed by atoms with van der Waals surface area (Å²) < 4.78 is 2.16. The molecule has 3 aromatic rings. The molecule has 1 aromatic carbocycles. The maximum Gasteiger partial charge on any atom is 0.194 e. The van der Waals surface area contributed by atoms with Gasteiger partial charge < -0.3 is 9.88 Å². The highest BCUT2D eigenvalue weighted by Crippen LogP contribution is 2.21. The number of aromatic nitrogens is 5. The van der Waals surface area contributed by atoms with E-state index in [9.17, 15) is 0 Å². The molecular weight excluding hydrogens is 264 g/mol. The highest BCUT2D eigenvalue weighted by Gasteiger charge is 2.08. The van der Waals surface area contributed by atoms with E-state index in [0.29, 0.717) is 12.6 Å². The third-order valence-electron chi connectivity index (χ3n) is 3.47. The largest absolute Gasteiger partial charge is 0.340 e. The summed E-state index contributed by atoms with van der Waals surface area (Å²) in [6.07, 6.45) is 2.08. The molecule has 0 aliphatic heterocycles. The number of fused-ring (bicyclic) bond motifs is 1. The van der Waals surface area contributed by atoms with Gasteiger partial charge in [0.25, 0.3) is 0 Å². The van der Waals surface area contributed by atoms with Crippen molar-refractivity contribution < 1.29 is 0 Å². The number of aryl methyl sites for hydroxylation is 1. The molecule has 6 nitrogen and oxygen atoms in total. The van der Waals surface area contributed by atoms with Crippen LogP contribution in [0.5, 0.6) is 0 Å². The summed E-state index contributed by atoms with van der Waals surface area (Å²) in [4.78, 5) is 1.49. The zero-order chi connectivity index (χ0) is 14.8. The Morgan fingerprint density at radius 1 is 1.24 bits per heavy atom. The molecular formula is C15H20N6. The lowest BCUT2D eigenvalue weighted by Crippen LogP contribution is -2.21. The van der Waals surface area contributed by atoms with Gasteiger partial charge in [0, 0.05) is 29.7 Å². The molecule has 1 N–H and O–H groups in total. The smallest absolute Gasteiger partial charge is 0.194 e. The molecule has 0 radical (unpaired) electrons. The Balaban J connectivity index is 1.89. The normalized spacial score (nSPS) is 11.6. The van der Waals surface area contributed by atoms with Crippen molar-refractivity contribution in [3.05, 3.63) is 41.9 Å². The lowest BCUT2D eigenvalue weighted by molar-refractivity contribution is 0.590. The van der Waals surface area contributed by atoms with Gasteiger partial charge in [0.05, 0.1) is 13.6 Å². The number of hydrogen-bond donors (Lipinski definition) is 1. The second kappa shape index (κ2) is 5.65. The van der Waals surface area contributed by atoms with Gasteiger partial charge in [0.15, 0.2) is 5.82 Å². The van der Waals surface area contributed by atoms with Gasteiger partial charge in [0.1, 0.15) is 0 Å². The van der Waals surface area contributed by atoms with Crippen LogP contribution in [0.4, 0.5) is 0 Å². The van der Waals surface area contributed by atoms with Gasteiger partial charge in [-0.15, -0.1) is 10.2 Å². The highest BCUT2D eigenvalue weighted by atomic mass is 15.6. The summed E-state index contributed by atoms with van der Waals surface area (Å²) in [5.41, 5.74) is 2.51. The molecule has 0 spiro atoms. The minimum absolute atomic E-state index is 0.478. The lowest BCUT2D eigenvalue weighted by Gasteiger charge is -2.09. The lowest BCUT2D eigenvalue weighted by atomic mass is 10.1. The summed E-state index contributed by atoms with van der Waals surface area (Å²) in [5.74, 6) is 0.723. The Hall–Kier alpha value is -2.21. The van der Waals surface area contributed by atoms with Gasteiger partial charge in [-0.05, 0) is 22.9 Å². The fourth-order valence-electron chi connectivity index (χ4n) is 2.43. The molecule has 0 aliphatic rings. The molecule has 0 saturated carbocycles. The SMILES string of the molecule is CC(C)NCc1cccc2c1ccn2Cc1nnn(C)n1. The maximum atomic E-state index is 4.24. The Morgan fingerprint density at radius 3 is 2.81 bits per heavy atom. The first kappa shape index (κ1) is 13.8. The average Bonchev–Trinajstić information content (AvgIpc) is 3.04. The number of tetrazole rings is 1. The highest BCUT2D eigenvalue weighted by molar-refractivity contribution is 5.83. The molecule has 0 atom stereocenters. The number of nitrogens with zero attached hydrogens (tertiary/aromatic N) is 5. The third-order valence-corrected chi connectivity index (χ3v) is 3.47. The van der Waals surface area contributed by atoms with Crippen molar-refractivity contribution in [3.8, 4) is 0 Å². The van der Waals surface area contributed by atoms with E-state index in [4.69, 9.17) is 0 Å². The molecule has 110 valence electrons. The topological polar surface area (TPSA) is 60.6 Å². The molecule has 0 amide bonds. The fraction of sp³-hybridized carbons (Fsp3) is 0.400. The van der Waals surface area contributed by atoms with Crippen molar-refractivity contribution in [1.82, 2.24) is 30.1 Å². The monoisotopic (exact) mass is 284 g/mol. The van der Waals surface area contributed by atoms with Crippen LogP contribution < -0.4 is 5.32 Å². The summed E-state index contributed by atoms with van der Waals surface area (Å²) in [5, 5.41) is 16.9. The summed E-state index contributed by atoms with van der Waals surface area (Å²) in [7, 11) is 1.78. The standard InChI is InChI=1S/C15H20N6/c1-11(2)16-9-12-5-4-6-14-13(12)7-8-21(14)10-15-17-19-20(3)18-15/h4-8,11,16H,9-10H2,1-3H3. The Morgan fingerprint density at radius 2 is 2.10 bits per heavy atom. The summed E-state index contributed by atoms with van der Waals surface area (Å²) in [6.45, 7) is 5.83. The molecule has 3 rings (SSSR count). The van der Waals surface area contributed by atoms with E-state index in [1.165, 1.54) is 21.3 Å². The molecule has 21 heavy (non-hydrogen) atoms. The van der Waals surface area contributed by atoms with Crippen molar-refractivity contribution in [3.63, 3.8) is 0 Å². The van der Waals surface area contributed by atoms with Gasteiger partial charge in [0.2, 0.25) is 0 Å². The van der Waals surface area contributed by atoms with Crippen LogP contribution in [-0.2, 0) is 20.1 Å². The fourth-order valence-corrected chi connectivity index (χ4v) is 2.43. The predicted molar refractivity (Wildman–Crippen MR) is 81.8 cm³/mol. The molecule has 6 heteroatoms. The van der Waals surface area contributed by atoms with E-state index in [2.05, 4.69) is 69.6 Å². The van der Waals surface area contributed by atoms with E-state index < -0.39 is 0 Å². The quantitative estimate of drug-likeness (QED) is 0.775. The molecule has 0 aliphatic carbocycles. The average molecular weight is 284 g/mol. The van der Waals surface area contributed by atoms with Crippen LogP contribution in [0.15, 0.2) is 30.5 Å². The van der Waals surface area contributed by atoms with Crippen LogP contribution in [0.1, 0.15) is 25.2 Å². The van der Waals surface area contributed by atoms with Crippen LogP contribution in [-0.4, -0.2) is 30.8 Å². The van der Waals surface area contributed by atoms with Crippen LogP contribution >= 0.6 is 0 Å². The van der Waals surface area contributed by atoms with Gasteiger partial charge in [-0.2, -0.15) is 4.80 Å².